The molecule has 0 saturated heterocycles. The number of hydrogen-bond acceptors (Lipinski definition) is 2. The van der Waals surface area contributed by atoms with Crippen LogP contribution in [0.2, 0.25) is 0 Å². The van der Waals surface area contributed by atoms with Crippen LogP contribution in [0, 0.1) is 6.92 Å². The first-order valence-corrected chi connectivity index (χ1v) is 7.61. The highest BCUT2D eigenvalue weighted by Crippen LogP contribution is 2.31. The normalized spacial score (nSPS) is 12.3. The average Bonchev–Trinajstić information content (AvgIpc) is 2.52. The molecule has 2 heteroatoms. The van der Waals surface area contributed by atoms with Gasteiger partial charge in [0.15, 0.2) is 6.10 Å². The highest BCUT2D eigenvalue weighted by atomic mass is 16.5. The second-order valence-electron chi connectivity index (χ2n) is 5.29. The number of aryl methyl sites for hydroxylation is 1. The number of carbonyl (C=O) groups is 1. The number of esters is 1. The molecule has 0 aliphatic rings. The van der Waals surface area contributed by atoms with Gasteiger partial charge in [-0.1, -0.05) is 67.6 Å². The van der Waals surface area contributed by atoms with Gasteiger partial charge < -0.3 is 4.74 Å². The minimum atomic E-state index is -0.380. The lowest BCUT2D eigenvalue weighted by atomic mass is 9.93. The first-order valence-electron chi connectivity index (χ1n) is 7.61. The molecule has 0 bridgehead atoms. The minimum absolute atomic E-state index is 0.277. The van der Waals surface area contributed by atoms with Crippen molar-refractivity contribution in [2.75, 3.05) is 0 Å². The Hall–Kier alpha value is -2.35. The van der Waals surface area contributed by atoms with Gasteiger partial charge in [-0.15, -0.1) is 0 Å². The molecule has 0 aliphatic heterocycles. The molecule has 0 aliphatic carbocycles. The van der Waals surface area contributed by atoms with Crippen LogP contribution in [0.3, 0.4) is 0 Å². The van der Waals surface area contributed by atoms with Crippen LogP contribution in [0.4, 0.5) is 0 Å². The molecule has 0 fully saturated rings. The van der Waals surface area contributed by atoms with Gasteiger partial charge >= 0.3 is 5.97 Å². The summed E-state index contributed by atoms with van der Waals surface area (Å²) in [7, 11) is 0. The molecule has 2 rings (SSSR count). The van der Waals surface area contributed by atoms with Gasteiger partial charge in [0.05, 0.1) is 0 Å². The van der Waals surface area contributed by atoms with Crippen LogP contribution in [0.5, 0.6) is 0 Å². The van der Waals surface area contributed by atoms with Crippen molar-refractivity contribution in [3.05, 3.63) is 76.9 Å². The third kappa shape index (κ3) is 3.85. The maximum Gasteiger partial charge on any atom is 0.303 e. The lowest BCUT2D eigenvalue weighted by Gasteiger charge is -2.21. The van der Waals surface area contributed by atoms with Crippen molar-refractivity contribution < 1.29 is 9.53 Å². The molecule has 2 aromatic rings. The van der Waals surface area contributed by atoms with Crippen molar-refractivity contribution in [3.8, 4) is 0 Å². The maximum absolute atomic E-state index is 11.6. The highest BCUT2D eigenvalue weighted by molar-refractivity contribution is 5.68. The molecule has 0 heterocycles. The van der Waals surface area contributed by atoms with Gasteiger partial charge in [0, 0.05) is 12.5 Å². The lowest BCUT2D eigenvalue weighted by Crippen LogP contribution is -2.11. The van der Waals surface area contributed by atoms with Crippen molar-refractivity contribution in [3.63, 3.8) is 0 Å². The van der Waals surface area contributed by atoms with Crippen LogP contribution in [0.1, 0.15) is 48.6 Å². The maximum atomic E-state index is 11.6. The topological polar surface area (TPSA) is 26.3 Å². The standard InChI is InChI=1S/C20H22O2/c1-4-5-13-18-15(2)10-9-14-19(18)20(22-16(3)21)17-11-7-6-8-12-17/h5-14,20H,4H2,1-3H3/b13-5-. The summed E-state index contributed by atoms with van der Waals surface area (Å²) < 4.78 is 5.63. The van der Waals surface area contributed by atoms with E-state index < -0.39 is 0 Å². The van der Waals surface area contributed by atoms with E-state index in [0.717, 1.165) is 23.1 Å². The third-order valence-electron chi connectivity index (χ3n) is 3.55. The number of hydrogen-bond donors (Lipinski definition) is 0. The Morgan fingerprint density at radius 2 is 1.86 bits per heavy atom. The highest BCUT2D eigenvalue weighted by Gasteiger charge is 2.20. The summed E-state index contributed by atoms with van der Waals surface area (Å²) in [6.07, 6.45) is 4.83. The fourth-order valence-corrected chi connectivity index (χ4v) is 2.50. The molecule has 1 atom stereocenters. The molecule has 0 radical (unpaired) electrons. The zero-order valence-electron chi connectivity index (χ0n) is 13.4. The Morgan fingerprint density at radius 3 is 2.50 bits per heavy atom. The summed E-state index contributed by atoms with van der Waals surface area (Å²) in [4.78, 5) is 11.6. The summed E-state index contributed by atoms with van der Waals surface area (Å²) in [5.74, 6) is -0.277. The molecule has 22 heavy (non-hydrogen) atoms. The van der Waals surface area contributed by atoms with Crippen LogP contribution in [-0.4, -0.2) is 5.97 Å². The van der Waals surface area contributed by atoms with E-state index in [2.05, 4.69) is 32.1 Å². The molecular formula is C20H22O2. The predicted molar refractivity (Wildman–Crippen MR) is 90.6 cm³/mol. The van der Waals surface area contributed by atoms with Crippen LogP contribution < -0.4 is 0 Å². The Kier molecular flexibility index (Phi) is 5.54. The van der Waals surface area contributed by atoms with E-state index in [9.17, 15) is 4.79 Å². The molecule has 0 saturated carbocycles. The Balaban J connectivity index is 2.55. The molecule has 2 nitrogen and oxygen atoms in total. The fourth-order valence-electron chi connectivity index (χ4n) is 2.50. The SMILES string of the molecule is CC/C=C\c1c(C)cccc1C(OC(C)=O)c1ccccc1. The summed E-state index contributed by atoms with van der Waals surface area (Å²) >= 11 is 0. The summed E-state index contributed by atoms with van der Waals surface area (Å²) in [5, 5.41) is 0. The third-order valence-corrected chi connectivity index (χ3v) is 3.55. The summed E-state index contributed by atoms with van der Waals surface area (Å²) in [6.45, 7) is 5.64. The van der Waals surface area contributed by atoms with Crippen LogP contribution in [-0.2, 0) is 9.53 Å². The molecule has 1 unspecified atom stereocenters. The van der Waals surface area contributed by atoms with Crippen LogP contribution >= 0.6 is 0 Å². The molecule has 0 amide bonds. The van der Waals surface area contributed by atoms with E-state index in [1.54, 1.807) is 0 Å². The van der Waals surface area contributed by atoms with Crippen molar-refractivity contribution in [2.24, 2.45) is 0 Å². The van der Waals surface area contributed by atoms with Crippen molar-refractivity contribution in [1.29, 1.82) is 0 Å². The monoisotopic (exact) mass is 294 g/mol. The van der Waals surface area contributed by atoms with Gasteiger partial charge in [-0.25, -0.2) is 0 Å². The first-order chi connectivity index (χ1) is 10.6. The van der Waals surface area contributed by atoms with Gasteiger partial charge in [-0.05, 0) is 30.0 Å². The van der Waals surface area contributed by atoms with Crippen LogP contribution in [0.25, 0.3) is 6.08 Å². The quantitative estimate of drug-likeness (QED) is 0.720. The van der Waals surface area contributed by atoms with Gasteiger partial charge in [-0.2, -0.15) is 0 Å². The zero-order chi connectivity index (χ0) is 15.9. The molecule has 0 N–H and O–H groups in total. The number of allylic oxidation sites excluding steroid dienone is 1. The summed E-state index contributed by atoms with van der Waals surface area (Å²) in [6, 6.07) is 16.0. The fraction of sp³-hybridized carbons (Fsp3) is 0.250. The Bertz CT molecular complexity index is 657. The second kappa shape index (κ2) is 7.60. The number of ether oxygens (including phenoxy) is 1. The molecule has 2 aromatic carbocycles. The van der Waals surface area contributed by atoms with E-state index in [1.165, 1.54) is 12.5 Å². The van der Waals surface area contributed by atoms with Crippen molar-refractivity contribution >= 4 is 12.0 Å². The molecular weight excluding hydrogens is 272 g/mol. The summed E-state index contributed by atoms with van der Waals surface area (Å²) in [5.41, 5.74) is 4.30. The van der Waals surface area contributed by atoms with E-state index >= 15 is 0 Å². The van der Waals surface area contributed by atoms with E-state index in [4.69, 9.17) is 4.74 Å². The van der Waals surface area contributed by atoms with E-state index in [0.29, 0.717) is 0 Å². The number of carbonyl (C=O) groups excluding carboxylic acids is 1. The van der Waals surface area contributed by atoms with E-state index in [1.807, 2.05) is 42.5 Å². The lowest BCUT2D eigenvalue weighted by molar-refractivity contribution is -0.144. The average molecular weight is 294 g/mol. The molecule has 0 aromatic heterocycles. The Morgan fingerprint density at radius 1 is 1.14 bits per heavy atom. The molecule has 0 spiro atoms. The van der Waals surface area contributed by atoms with Crippen molar-refractivity contribution in [1.82, 2.24) is 0 Å². The van der Waals surface area contributed by atoms with Crippen LogP contribution in [0.15, 0.2) is 54.6 Å². The van der Waals surface area contributed by atoms with E-state index in [-0.39, 0.29) is 12.1 Å². The largest absolute Gasteiger partial charge is 0.453 e. The molecule has 114 valence electrons. The Labute approximate surface area is 132 Å². The number of benzene rings is 2. The van der Waals surface area contributed by atoms with Gasteiger partial charge in [0.2, 0.25) is 0 Å². The predicted octanol–water partition coefficient (Wildman–Crippen LogP) is 5.07. The smallest absolute Gasteiger partial charge is 0.303 e. The van der Waals surface area contributed by atoms with Gasteiger partial charge in [-0.3, -0.25) is 4.79 Å². The van der Waals surface area contributed by atoms with Gasteiger partial charge in [0.1, 0.15) is 0 Å². The van der Waals surface area contributed by atoms with Gasteiger partial charge in [0.25, 0.3) is 0 Å². The first kappa shape index (κ1) is 16.0. The van der Waals surface area contributed by atoms with Crippen molar-refractivity contribution in [2.45, 2.75) is 33.3 Å². The zero-order valence-corrected chi connectivity index (χ0v) is 13.4. The minimum Gasteiger partial charge on any atom is -0.453 e. The second-order valence-corrected chi connectivity index (χ2v) is 5.29. The number of rotatable bonds is 5.